The van der Waals surface area contributed by atoms with Gasteiger partial charge in [0.1, 0.15) is 5.69 Å². The number of amides is 1. The van der Waals surface area contributed by atoms with Gasteiger partial charge in [-0.25, -0.2) is 9.97 Å². The fourth-order valence-electron chi connectivity index (χ4n) is 2.70. The fourth-order valence-corrected chi connectivity index (χ4v) is 2.70. The van der Waals surface area contributed by atoms with Crippen LogP contribution in [-0.4, -0.2) is 21.7 Å². The maximum Gasteiger partial charge on any atom is 0.274 e. The molecule has 1 heterocycles. The number of Topliss-reactive ketones (excluding diaryl/α,β-unsaturated/α-hetero) is 1. The Kier molecular flexibility index (Phi) is 5.26. The van der Waals surface area contributed by atoms with E-state index >= 15 is 0 Å². The number of anilines is 3. The minimum absolute atomic E-state index is 0.00264. The Balaban J connectivity index is 1.74. The largest absolute Gasteiger partial charge is 0.324 e. The van der Waals surface area contributed by atoms with Crippen molar-refractivity contribution in [2.24, 2.45) is 0 Å². The van der Waals surface area contributed by atoms with Gasteiger partial charge in [0.25, 0.3) is 5.91 Å². The van der Waals surface area contributed by atoms with Gasteiger partial charge in [-0.1, -0.05) is 6.07 Å². The topological polar surface area (TPSA) is 84.0 Å². The molecule has 2 N–H and O–H groups in total. The molecule has 0 bridgehead atoms. The van der Waals surface area contributed by atoms with E-state index in [9.17, 15) is 9.59 Å². The normalized spacial score (nSPS) is 10.3. The predicted molar refractivity (Wildman–Crippen MR) is 106 cm³/mol. The summed E-state index contributed by atoms with van der Waals surface area (Å²) in [4.78, 5) is 32.2. The van der Waals surface area contributed by atoms with Crippen LogP contribution in [0.25, 0.3) is 0 Å². The van der Waals surface area contributed by atoms with Crippen LogP contribution in [0, 0.1) is 13.8 Å². The molecule has 1 aromatic heterocycles. The first-order valence-electron chi connectivity index (χ1n) is 8.51. The lowest BCUT2D eigenvalue weighted by atomic mass is 10.1. The molecule has 0 saturated heterocycles. The highest BCUT2D eigenvalue weighted by atomic mass is 16.2. The summed E-state index contributed by atoms with van der Waals surface area (Å²) in [6.45, 7) is 5.48. The molecule has 1 amide bonds. The second-order valence-electron chi connectivity index (χ2n) is 6.35. The second kappa shape index (κ2) is 7.78. The van der Waals surface area contributed by atoms with E-state index in [1.165, 1.54) is 13.1 Å². The SMILES string of the molecule is CC(=O)c1ccc(Nc2nccc(C(=O)Nc3cc(C)cc(C)c3)n2)cc1. The monoisotopic (exact) mass is 360 g/mol. The molecular weight excluding hydrogens is 340 g/mol. The van der Waals surface area contributed by atoms with Crippen LogP contribution in [0.5, 0.6) is 0 Å². The number of aryl methyl sites for hydroxylation is 2. The lowest BCUT2D eigenvalue weighted by Gasteiger charge is -2.09. The molecule has 0 aliphatic heterocycles. The third-order valence-electron chi connectivity index (χ3n) is 3.92. The first-order chi connectivity index (χ1) is 12.9. The molecular formula is C21H20N4O2. The molecule has 6 heteroatoms. The Bertz CT molecular complexity index is 977. The van der Waals surface area contributed by atoms with Crippen LogP contribution in [0.15, 0.2) is 54.7 Å². The molecule has 6 nitrogen and oxygen atoms in total. The van der Waals surface area contributed by atoms with Gasteiger partial charge >= 0.3 is 0 Å². The summed E-state index contributed by atoms with van der Waals surface area (Å²) >= 11 is 0. The van der Waals surface area contributed by atoms with Gasteiger partial charge in [-0.15, -0.1) is 0 Å². The zero-order valence-electron chi connectivity index (χ0n) is 15.4. The van der Waals surface area contributed by atoms with Crippen molar-refractivity contribution in [3.63, 3.8) is 0 Å². The van der Waals surface area contributed by atoms with E-state index < -0.39 is 0 Å². The number of nitrogens with one attached hydrogen (secondary N) is 2. The highest BCUT2D eigenvalue weighted by Gasteiger charge is 2.10. The summed E-state index contributed by atoms with van der Waals surface area (Å²) in [6.07, 6.45) is 1.52. The van der Waals surface area contributed by atoms with E-state index in [1.54, 1.807) is 30.3 Å². The van der Waals surface area contributed by atoms with Gasteiger partial charge in [-0.2, -0.15) is 0 Å². The number of benzene rings is 2. The van der Waals surface area contributed by atoms with Crippen LogP contribution in [0.4, 0.5) is 17.3 Å². The zero-order valence-corrected chi connectivity index (χ0v) is 15.4. The van der Waals surface area contributed by atoms with Crippen molar-refractivity contribution in [1.29, 1.82) is 0 Å². The average Bonchev–Trinajstić information content (AvgIpc) is 2.61. The molecule has 0 saturated carbocycles. The summed E-state index contributed by atoms with van der Waals surface area (Å²) in [5, 5.41) is 5.89. The summed E-state index contributed by atoms with van der Waals surface area (Å²) in [5.41, 5.74) is 4.49. The van der Waals surface area contributed by atoms with Crippen LogP contribution >= 0.6 is 0 Å². The van der Waals surface area contributed by atoms with Crippen molar-refractivity contribution in [3.8, 4) is 0 Å². The average molecular weight is 360 g/mol. The maximum absolute atomic E-state index is 12.5. The standard InChI is InChI=1S/C21H20N4O2/c1-13-10-14(2)12-18(11-13)23-20(27)19-8-9-22-21(25-19)24-17-6-4-16(5-7-17)15(3)26/h4-12H,1-3H3,(H,23,27)(H,22,24,25). The van der Waals surface area contributed by atoms with Gasteiger partial charge < -0.3 is 10.6 Å². The van der Waals surface area contributed by atoms with Gasteiger partial charge in [0, 0.05) is 23.1 Å². The number of carbonyl (C=O) groups is 2. The number of aromatic nitrogens is 2. The molecule has 0 spiro atoms. The first kappa shape index (κ1) is 18.3. The molecule has 3 rings (SSSR count). The van der Waals surface area contributed by atoms with Crippen LogP contribution in [0.3, 0.4) is 0 Å². The molecule has 0 fully saturated rings. The quantitative estimate of drug-likeness (QED) is 0.663. The van der Waals surface area contributed by atoms with Crippen molar-refractivity contribution in [3.05, 3.63) is 77.1 Å². The maximum atomic E-state index is 12.5. The van der Waals surface area contributed by atoms with E-state index in [0.29, 0.717) is 11.5 Å². The highest BCUT2D eigenvalue weighted by Crippen LogP contribution is 2.16. The van der Waals surface area contributed by atoms with Gasteiger partial charge in [0.2, 0.25) is 5.95 Å². The lowest BCUT2D eigenvalue weighted by molar-refractivity contribution is 0.101. The van der Waals surface area contributed by atoms with Gasteiger partial charge in [-0.3, -0.25) is 9.59 Å². The molecule has 0 atom stereocenters. The van der Waals surface area contributed by atoms with E-state index in [4.69, 9.17) is 0 Å². The lowest BCUT2D eigenvalue weighted by Crippen LogP contribution is -2.15. The van der Waals surface area contributed by atoms with Crippen LogP contribution in [0.2, 0.25) is 0 Å². The van der Waals surface area contributed by atoms with Gasteiger partial charge in [0.05, 0.1) is 0 Å². The van der Waals surface area contributed by atoms with Crippen molar-refractivity contribution >= 4 is 29.0 Å². The molecule has 0 aliphatic carbocycles. The highest BCUT2D eigenvalue weighted by molar-refractivity contribution is 6.03. The molecule has 136 valence electrons. The number of nitrogens with zero attached hydrogens (tertiary/aromatic N) is 2. The van der Waals surface area contributed by atoms with Crippen LogP contribution < -0.4 is 10.6 Å². The van der Waals surface area contributed by atoms with Crippen LogP contribution in [0.1, 0.15) is 38.9 Å². The van der Waals surface area contributed by atoms with Crippen molar-refractivity contribution in [2.45, 2.75) is 20.8 Å². The minimum Gasteiger partial charge on any atom is -0.324 e. The Morgan fingerprint density at radius 3 is 2.19 bits per heavy atom. The molecule has 3 aromatic rings. The Morgan fingerprint density at radius 1 is 0.889 bits per heavy atom. The Morgan fingerprint density at radius 2 is 1.56 bits per heavy atom. The molecule has 0 unspecified atom stereocenters. The minimum atomic E-state index is -0.308. The molecule has 0 radical (unpaired) electrons. The summed E-state index contributed by atoms with van der Waals surface area (Å²) < 4.78 is 0. The summed E-state index contributed by atoms with van der Waals surface area (Å²) in [7, 11) is 0. The predicted octanol–water partition coefficient (Wildman–Crippen LogP) is 4.29. The summed E-state index contributed by atoms with van der Waals surface area (Å²) in [6, 6.07) is 14.4. The van der Waals surface area contributed by atoms with E-state index in [2.05, 4.69) is 20.6 Å². The van der Waals surface area contributed by atoms with Gasteiger partial charge in [-0.05, 0) is 74.4 Å². The number of rotatable bonds is 5. The number of hydrogen-bond donors (Lipinski definition) is 2. The second-order valence-corrected chi connectivity index (χ2v) is 6.35. The van der Waals surface area contributed by atoms with Gasteiger partial charge in [0.15, 0.2) is 5.78 Å². The molecule has 27 heavy (non-hydrogen) atoms. The number of carbonyl (C=O) groups excluding carboxylic acids is 2. The Labute approximate surface area is 157 Å². The number of hydrogen-bond acceptors (Lipinski definition) is 5. The zero-order chi connectivity index (χ0) is 19.4. The van der Waals surface area contributed by atoms with E-state index in [0.717, 1.165) is 22.5 Å². The molecule has 0 aliphatic rings. The Hall–Kier alpha value is -3.54. The fraction of sp³-hybridized carbons (Fsp3) is 0.143. The molecule has 2 aromatic carbocycles. The summed E-state index contributed by atoms with van der Waals surface area (Å²) in [5.74, 6) is -0.00104. The van der Waals surface area contributed by atoms with Crippen molar-refractivity contribution in [2.75, 3.05) is 10.6 Å². The third kappa shape index (κ3) is 4.76. The van der Waals surface area contributed by atoms with Crippen molar-refractivity contribution < 1.29 is 9.59 Å². The van der Waals surface area contributed by atoms with E-state index in [1.807, 2.05) is 32.0 Å². The first-order valence-corrected chi connectivity index (χ1v) is 8.51. The number of ketones is 1. The van der Waals surface area contributed by atoms with E-state index in [-0.39, 0.29) is 17.4 Å². The van der Waals surface area contributed by atoms with Crippen LogP contribution in [-0.2, 0) is 0 Å². The third-order valence-corrected chi connectivity index (χ3v) is 3.92. The van der Waals surface area contributed by atoms with Crippen molar-refractivity contribution in [1.82, 2.24) is 9.97 Å². The smallest absolute Gasteiger partial charge is 0.274 e.